The minimum absolute atomic E-state index is 0.0661. The molecule has 132 valence electrons. The van der Waals surface area contributed by atoms with Crippen LogP contribution >= 0.6 is 0 Å². The van der Waals surface area contributed by atoms with Crippen molar-refractivity contribution in [2.24, 2.45) is 13.0 Å². The van der Waals surface area contributed by atoms with Gasteiger partial charge in [0.25, 0.3) is 5.91 Å². The maximum absolute atomic E-state index is 12.6. The molecule has 1 saturated heterocycles. The molecule has 0 radical (unpaired) electrons. The molecule has 1 N–H and O–H groups in total. The summed E-state index contributed by atoms with van der Waals surface area (Å²) in [6, 6.07) is 3.74. The molecule has 2 heterocycles. The van der Waals surface area contributed by atoms with Gasteiger partial charge in [0.15, 0.2) is 0 Å². The number of hydrogen-bond acceptors (Lipinski definition) is 3. The first-order valence-electron chi connectivity index (χ1n) is 8.76. The van der Waals surface area contributed by atoms with E-state index in [2.05, 4.69) is 5.32 Å². The van der Waals surface area contributed by atoms with Gasteiger partial charge in [-0.15, -0.1) is 0 Å². The number of nitrogens with zero attached hydrogens (tertiary/aromatic N) is 2. The molecule has 3 rings (SSSR count). The van der Waals surface area contributed by atoms with Crippen LogP contribution in [0.25, 0.3) is 0 Å². The number of methoxy groups -OCH3 is 1. The van der Waals surface area contributed by atoms with E-state index in [-0.39, 0.29) is 23.3 Å². The number of piperidine rings is 1. The second kappa shape index (κ2) is 6.97. The third-order valence-electron chi connectivity index (χ3n) is 5.29. The molecule has 2 aliphatic rings. The SMILES string of the molecule is COCCC1(NC(=O)C2CC2)CCN(C(=O)c2cccn2C)CC1. The van der Waals surface area contributed by atoms with Crippen molar-refractivity contribution in [3.63, 3.8) is 0 Å². The van der Waals surface area contributed by atoms with E-state index in [1.165, 1.54) is 0 Å². The van der Waals surface area contributed by atoms with Crippen LogP contribution in [0.3, 0.4) is 0 Å². The fraction of sp³-hybridized carbons (Fsp3) is 0.667. The van der Waals surface area contributed by atoms with Crippen molar-refractivity contribution in [2.75, 3.05) is 26.8 Å². The zero-order chi connectivity index (χ0) is 17.2. The van der Waals surface area contributed by atoms with Crippen LogP contribution in [0.2, 0.25) is 0 Å². The molecule has 24 heavy (non-hydrogen) atoms. The molecule has 2 amide bonds. The minimum atomic E-state index is -0.235. The highest BCUT2D eigenvalue weighted by molar-refractivity contribution is 5.92. The third kappa shape index (κ3) is 3.64. The van der Waals surface area contributed by atoms with Gasteiger partial charge in [-0.2, -0.15) is 0 Å². The molecule has 2 fully saturated rings. The van der Waals surface area contributed by atoms with E-state index in [1.54, 1.807) is 7.11 Å². The molecule has 0 bridgehead atoms. The average Bonchev–Trinajstić information content (AvgIpc) is 3.35. The highest BCUT2D eigenvalue weighted by Crippen LogP contribution is 2.32. The summed E-state index contributed by atoms with van der Waals surface area (Å²) in [6.45, 7) is 1.95. The summed E-state index contributed by atoms with van der Waals surface area (Å²) in [6.07, 6.45) is 6.26. The van der Waals surface area contributed by atoms with Crippen molar-refractivity contribution in [1.29, 1.82) is 0 Å². The molecule has 0 spiro atoms. The Kier molecular flexibility index (Phi) is 4.94. The van der Waals surface area contributed by atoms with Crippen molar-refractivity contribution in [2.45, 2.75) is 37.6 Å². The fourth-order valence-electron chi connectivity index (χ4n) is 3.43. The van der Waals surface area contributed by atoms with Crippen molar-refractivity contribution in [1.82, 2.24) is 14.8 Å². The maximum atomic E-state index is 12.6. The van der Waals surface area contributed by atoms with E-state index in [9.17, 15) is 9.59 Å². The quantitative estimate of drug-likeness (QED) is 0.859. The molecule has 6 heteroatoms. The summed E-state index contributed by atoms with van der Waals surface area (Å²) >= 11 is 0. The predicted molar refractivity (Wildman–Crippen MR) is 90.6 cm³/mol. The van der Waals surface area contributed by atoms with E-state index in [0.717, 1.165) is 32.1 Å². The average molecular weight is 333 g/mol. The van der Waals surface area contributed by atoms with Gasteiger partial charge >= 0.3 is 0 Å². The third-order valence-corrected chi connectivity index (χ3v) is 5.29. The number of rotatable bonds is 6. The van der Waals surface area contributed by atoms with Gasteiger partial charge in [0.05, 0.1) is 0 Å². The lowest BCUT2D eigenvalue weighted by Gasteiger charge is -2.42. The molecular weight excluding hydrogens is 306 g/mol. The van der Waals surface area contributed by atoms with Gasteiger partial charge in [0.1, 0.15) is 5.69 Å². The zero-order valence-corrected chi connectivity index (χ0v) is 14.6. The second-order valence-electron chi connectivity index (χ2n) is 7.08. The van der Waals surface area contributed by atoms with Crippen molar-refractivity contribution in [3.8, 4) is 0 Å². The van der Waals surface area contributed by atoms with Gasteiger partial charge in [0, 0.05) is 51.5 Å². The van der Waals surface area contributed by atoms with Gasteiger partial charge in [0.2, 0.25) is 5.91 Å². The topological polar surface area (TPSA) is 63.6 Å². The first-order chi connectivity index (χ1) is 11.5. The Morgan fingerprint density at radius 1 is 1.33 bits per heavy atom. The Balaban J connectivity index is 1.63. The van der Waals surface area contributed by atoms with Crippen molar-refractivity contribution < 1.29 is 14.3 Å². The van der Waals surface area contributed by atoms with E-state index in [0.29, 0.717) is 25.4 Å². The number of aromatic nitrogens is 1. The summed E-state index contributed by atoms with van der Waals surface area (Å²) in [5, 5.41) is 3.27. The summed E-state index contributed by atoms with van der Waals surface area (Å²) in [7, 11) is 3.57. The number of amides is 2. The van der Waals surface area contributed by atoms with Crippen molar-refractivity contribution >= 4 is 11.8 Å². The monoisotopic (exact) mass is 333 g/mol. The van der Waals surface area contributed by atoms with Crippen LogP contribution in [0.5, 0.6) is 0 Å². The van der Waals surface area contributed by atoms with Crippen LogP contribution in [0, 0.1) is 5.92 Å². The van der Waals surface area contributed by atoms with Crippen LogP contribution in [-0.4, -0.2) is 53.6 Å². The van der Waals surface area contributed by atoms with Crippen LogP contribution in [0.1, 0.15) is 42.6 Å². The van der Waals surface area contributed by atoms with Crippen LogP contribution < -0.4 is 5.32 Å². The standard InChI is InChI=1S/C18H27N3O3/c1-20-10-3-4-15(20)17(23)21-11-7-18(8-12-21,9-13-24-2)19-16(22)14-5-6-14/h3-4,10,14H,5-9,11-13H2,1-2H3,(H,19,22). The largest absolute Gasteiger partial charge is 0.385 e. The molecule has 1 aromatic heterocycles. The Morgan fingerprint density at radius 3 is 2.58 bits per heavy atom. The number of likely N-dealkylation sites (tertiary alicyclic amines) is 1. The molecular formula is C18H27N3O3. The van der Waals surface area contributed by atoms with Gasteiger partial charge in [-0.3, -0.25) is 9.59 Å². The highest BCUT2D eigenvalue weighted by atomic mass is 16.5. The van der Waals surface area contributed by atoms with E-state index in [4.69, 9.17) is 4.74 Å². The maximum Gasteiger partial charge on any atom is 0.270 e. The molecule has 6 nitrogen and oxygen atoms in total. The normalized spacial score (nSPS) is 20.0. The molecule has 1 saturated carbocycles. The van der Waals surface area contributed by atoms with E-state index < -0.39 is 0 Å². The smallest absolute Gasteiger partial charge is 0.270 e. The van der Waals surface area contributed by atoms with E-state index >= 15 is 0 Å². The lowest BCUT2D eigenvalue weighted by molar-refractivity contribution is -0.125. The summed E-state index contributed by atoms with van der Waals surface area (Å²) in [4.78, 5) is 26.8. The second-order valence-corrected chi connectivity index (χ2v) is 7.08. The van der Waals surface area contributed by atoms with E-state index in [1.807, 2.05) is 34.8 Å². The van der Waals surface area contributed by atoms with Gasteiger partial charge < -0.3 is 19.5 Å². The Hall–Kier alpha value is -1.82. The lowest BCUT2D eigenvalue weighted by Crippen LogP contribution is -2.57. The van der Waals surface area contributed by atoms with Crippen LogP contribution in [-0.2, 0) is 16.6 Å². The lowest BCUT2D eigenvalue weighted by atomic mass is 9.84. The summed E-state index contributed by atoms with van der Waals surface area (Å²) in [5.74, 6) is 0.442. The Labute approximate surface area is 143 Å². The molecule has 0 atom stereocenters. The first kappa shape index (κ1) is 17.0. The van der Waals surface area contributed by atoms with Gasteiger partial charge in [-0.25, -0.2) is 0 Å². The Morgan fingerprint density at radius 2 is 2.04 bits per heavy atom. The minimum Gasteiger partial charge on any atom is -0.385 e. The molecule has 0 aromatic carbocycles. The fourth-order valence-corrected chi connectivity index (χ4v) is 3.43. The Bertz CT molecular complexity index is 598. The highest BCUT2D eigenvalue weighted by Gasteiger charge is 2.40. The summed E-state index contributed by atoms with van der Waals surface area (Å²) < 4.78 is 7.09. The first-order valence-corrected chi connectivity index (χ1v) is 8.76. The number of nitrogens with one attached hydrogen (secondary N) is 1. The molecule has 0 unspecified atom stereocenters. The molecule has 1 aliphatic carbocycles. The number of carbonyl (C=O) groups is 2. The number of aryl methyl sites for hydroxylation is 1. The van der Waals surface area contributed by atoms with Crippen LogP contribution in [0.15, 0.2) is 18.3 Å². The number of carbonyl (C=O) groups excluding carboxylic acids is 2. The molecule has 1 aliphatic heterocycles. The van der Waals surface area contributed by atoms with Gasteiger partial charge in [-0.05, 0) is 44.2 Å². The van der Waals surface area contributed by atoms with Crippen LogP contribution in [0.4, 0.5) is 0 Å². The van der Waals surface area contributed by atoms with Gasteiger partial charge in [-0.1, -0.05) is 0 Å². The molecule has 1 aromatic rings. The predicted octanol–water partition coefficient (Wildman–Crippen LogP) is 1.56. The number of hydrogen-bond donors (Lipinski definition) is 1. The summed E-state index contributed by atoms with van der Waals surface area (Å²) in [5.41, 5.74) is 0.474. The zero-order valence-electron chi connectivity index (χ0n) is 14.6. The number of ether oxygens (including phenoxy) is 1. The van der Waals surface area contributed by atoms with Crippen molar-refractivity contribution in [3.05, 3.63) is 24.0 Å².